The van der Waals surface area contributed by atoms with Gasteiger partial charge in [0.05, 0.1) is 18.2 Å². The number of piperazine rings is 1. The van der Waals surface area contributed by atoms with E-state index in [1.807, 2.05) is 48.8 Å². The monoisotopic (exact) mass is 373 g/mol. The van der Waals surface area contributed by atoms with E-state index in [9.17, 15) is 9.59 Å². The van der Waals surface area contributed by atoms with Crippen molar-refractivity contribution in [2.45, 2.75) is 39.7 Å². The van der Waals surface area contributed by atoms with Crippen LogP contribution in [-0.4, -0.2) is 67.0 Å². The van der Waals surface area contributed by atoms with E-state index in [4.69, 9.17) is 4.74 Å². The first-order chi connectivity index (χ1) is 13.0. The van der Waals surface area contributed by atoms with E-state index in [1.165, 1.54) is 0 Å². The minimum absolute atomic E-state index is 0.0626. The van der Waals surface area contributed by atoms with Crippen molar-refractivity contribution in [3.05, 3.63) is 24.3 Å². The van der Waals surface area contributed by atoms with Crippen LogP contribution in [0, 0.1) is 5.92 Å². The number of carbonyl (C=O) groups excluding carboxylic acids is 2. The Balaban J connectivity index is 1.59. The fourth-order valence-electron chi connectivity index (χ4n) is 3.99. The number of benzene rings is 1. The van der Waals surface area contributed by atoms with Crippen molar-refractivity contribution in [2.24, 2.45) is 5.92 Å². The third-order valence-electron chi connectivity index (χ3n) is 5.51. The number of ether oxygens (including phenoxy) is 1. The van der Waals surface area contributed by atoms with Gasteiger partial charge in [-0.2, -0.15) is 0 Å². The summed E-state index contributed by atoms with van der Waals surface area (Å²) in [4.78, 5) is 31.1. The summed E-state index contributed by atoms with van der Waals surface area (Å²) in [5.74, 6) is 1.21. The maximum absolute atomic E-state index is 13.0. The quantitative estimate of drug-likeness (QED) is 0.795. The van der Waals surface area contributed by atoms with Gasteiger partial charge in [0.1, 0.15) is 5.75 Å². The molecule has 0 aliphatic carbocycles. The summed E-state index contributed by atoms with van der Waals surface area (Å²) in [6.45, 7) is 10.2. The Labute approximate surface area is 162 Å². The van der Waals surface area contributed by atoms with E-state index >= 15 is 0 Å². The first-order valence-corrected chi connectivity index (χ1v) is 10.1. The first-order valence-electron chi connectivity index (χ1n) is 10.1. The van der Waals surface area contributed by atoms with Crippen molar-refractivity contribution in [3.63, 3.8) is 0 Å². The molecule has 2 amide bonds. The molecule has 148 valence electrons. The molecule has 0 radical (unpaired) electrons. The zero-order chi connectivity index (χ0) is 19.4. The lowest BCUT2D eigenvalue weighted by Gasteiger charge is -2.40. The van der Waals surface area contributed by atoms with E-state index in [0.717, 1.165) is 24.5 Å². The molecule has 0 bridgehead atoms. The Bertz CT molecular complexity index is 668. The molecule has 0 spiro atoms. The molecule has 3 rings (SSSR count). The molecule has 2 saturated heterocycles. The van der Waals surface area contributed by atoms with E-state index in [-0.39, 0.29) is 23.8 Å². The average Bonchev–Trinajstić information content (AvgIpc) is 2.68. The van der Waals surface area contributed by atoms with Gasteiger partial charge in [-0.1, -0.05) is 12.1 Å². The SMILES string of the molecule is CCOc1ccccc1N1CCN(C(=O)[C@H]2CCC(=O)N(C(C)C)C2)CC1. The molecule has 2 aliphatic rings. The molecule has 2 fully saturated rings. The van der Waals surface area contributed by atoms with Crippen LogP contribution in [0.5, 0.6) is 5.75 Å². The third-order valence-corrected chi connectivity index (χ3v) is 5.51. The summed E-state index contributed by atoms with van der Waals surface area (Å²) >= 11 is 0. The zero-order valence-electron chi connectivity index (χ0n) is 16.7. The molecule has 6 nitrogen and oxygen atoms in total. The maximum atomic E-state index is 13.0. The molecule has 0 aromatic heterocycles. The van der Waals surface area contributed by atoms with Crippen LogP contribution in [0.1, 0.15) is 33.6 Å². The largest absolute Gasteiger partial charge is 0.492 e. The minimum Gasteiger partial charge on any atom is -0.492 e. The molecule has 1 aromatic rings. The lowest BCUT2D eigenvalue weighted by molar-refractivity contribution is -0.144. The van der Waals surface area contributed by atoms with Gasteiger partial charge in [-0.25, -0.2) is 0 Å². The van der Waals surface area contributed by atoms with Gasteiger partial charge in [0, 0.05) is 45.2 Å². The van der Waals surface area contributed by atoms with Crippen molar-refractivity contribution in [1.82, 2.24) is 9.80 Å². The van der Waals surface area contributed by atoms with Crippen molar-refractivity contribution < 1.29 is 14.3 Å². The summed E-state index contributed by atoms with van der Waals surface area (Å²) < 4.78 is 5.74. The van der Waals surface area contributed by atoms with Gasteiger partial charge in [-0.3, -0.25) is 9.59 Å². The highest BCUT2D eigenvalue weighted by atomic mass is 16.5. The lowest BCUT2D eigenvalue weighted by atomic mass is 9.94. The number of rotatable bonds is 5. The van der Waals surface area contributed by atoms with Crippen LogP contribution in [0.2, 0.25) is 0 Å². The van der Waals surface area contributed by atoms with E-state index < -0.39 is 0 Å². The molecule has 6 heteroatoms. The number of likely N-dealkylation sites (tertiary alicyclic amines) is 1. The van der Waals surface area contributed by atoms with Gasteiger partial charge in [-0.05, 0) is 39.3 Å². The molecule has 27 heavy (non-hydrogen) atoms. The van der Waals surface area contributed by atoms with E-state index in [0.29, 0.717) is 39.1 Å². The smallest absolute Gasteiger partial charge is 0.227 e. The number of anilines is 1. The zero-order valence-corrected chi connectivity index (χ0v) is 16.7. The number of para-hydroxylation sites is 2. The summed E-state index contributed by atoms with van der Waals surface area (Å²) in [5, 5.41) is 0. The third kappa shape index (κ3) is 4.37. The Morgan fingerprint density at radius 1 is 1.19 bits per heavy atom. The molecule has 0 N–H and O–H groups in total. The van der Waals surface area contributed by atoms with Crippen molar-refractivity contribution in [1.29, 1.82) is 0 Å². The van der Waals surface area contributed by atoms with Crippen LogP contribution < -0.4 is 9.64 Å². The first kappa shape index (κ1) is 19.5. The normalized spacial score (nSPS) is 21.0. The predicted molar refractivity (Wildman–Crippen MR) is 106 cm³/mol. The summed E-state index contributed by atoms with van der Waals surface area (Å²) in [6, 6.07) is 8.24. The minimum atomic E-state index is -0.0626. The summed E-state index contributed by atoms with van der Waals surface area (Å²) in [5.41, 5.74) is 1.10. The van der Waals surface area contributed by atoms with Crippen LogP contribution in [0.3, 0.4) is 0 Å². The molecule has 0 unspecified atom stereocenters. The second-order valence-electron chi connectivity index (χ2n) is 7.59. The fourth-order valence-corrected chi connectivity index (χ4v) is 3.99. The van der Waals surface area contributed by atoms with Crippen LogP contribution >= 0.6 is 0 Å². The number of piperidine rings is 1. The Hall–Kier alpha value is -2.24. The van der Waals surface area contributed by atoms with Crippen molar-refractivity contribution in [2.75, 3.05) is 44.2 Å². The van der Waals surface area contributed by atoms with Gasteiger partial charge in [0.2, 0.25) is 11.8 Å². The number of amides is 2. The van der Waals surface area contributed by atoms with Gasteiger partial charge in [0.15, 0.2) is 0 Å². The Morgan fingerprint density at radius 2 is 1.89 bits per heavy atom. The van der Waals surface area contributed by atoms with Crippen molar-refractivity contribution >= 4 is 17.5 Å². The number of hydrogen-bond acceptors (Lipinski definition) is 4. The topological polar surface area (TPSA) is 53.1 Å². The summed E-state index contributed by atoms with van der Waals surface area (Å²) in [7, 11) is 0. The Morgan fingerprint density at radius 3 is 2.56 bits per heavy atom. The molecule has 1 atom stereocenters. The van der Waals surface area contributed by atoms with Gasteiger partial charge >= 0.3 is 0 Å². The van der Waals surface area contributed by atoms with Crippen LogP contribution in [0.25, 0.3) is 0 Å². The van der Waals surface area contributed by atoms with E-state index in [1.54, 1.807) is 0 Å². The average molecular weight is 373 g/mol. The second kappa shape index (κ2) is 8.63. The Kier molecular flexibility index (Phi) is 6.24. The molecular weight excluding hydrogens is 342 g/mol. The van der Waals surface area contributed by atoms with Gasteiger partial charge in [-0.15, -0.1) is 0 Å². The number of carbonyl (C=O) groups is 2. The van der Waals surface area contributed by atoms with Crippen molar-refractivity contribution in [3.8, 4) is 5.75 Å². The van der Waals surface area contributed by atoms with Gasteiger partial charge < -0.3 is 19.4 Å². The second-order valence-corrected chi connectivity index (χ2v) is 7.59. The maximum Gasteiger partial charge on any atom is 0.227 e. The van der Waals surface area contributed by atoms with Gasteiger partial charge in [0.25, 0.3) is 0 Å². The summed E-state index contributed by atoms with van der Waals surface area (Å²) in [6.07, 6.45) is 1.16. The molecule has 0 saturated carbocycles. The number of nitrogens with zero attached hydrogens (tertiary/aromatic N) is 3. The predicted octanol–water partition coefficient (Wildman–Crippen LogP) is 2.38. The molecule has 2 heterocycles. The highest BCUT2D eigenvalue weighted by Crippen LogP contribution is 2.29. The molecule has 2 aliphatic heterocycles. The molecule has 1 aromatic carbocycles. The number of hydrogen-bond donors (Lipinski definition) is 0. The standard InChI is InChI=1S/C21H31N3O3/c1-4-27-19-8-6-5-7-18(19)22-11-13-23(14-12-22)21(26)17-9-10-20(25)24(15-17)16(2)3/h5-8,16-17H,4,9-15H2,1-3H3/t17-/m0/s1. The van der Waals surface area contributed by atoms with Crippen LogP contribution in [0.15, 0.2) is 24.3 Å². The van der Waals surface area contributed by atoms with E-state index in [2.05, 4.69) is 11.0 Å². The highest BCUT2D eigenvalue weighted by Gasteiger charge is 2.34. The van der Waals surface area contributed by atoms with Crippen LogP contribution in [0.4, 0.5) is 5.69 Å². The van der Waals surface area contributed by atoms with Crippen LogP contribution in [-0.2, 0) is 9.59 Å². The lowest BCUT2D eigenvalue weighted by Crippen LogP contribution is -2.54. The molecular formula is C21H31N3O3. The highest BCUT2D eigenvalue weighted by molar-refractivity contribution is 5.84. The fraction of sp³-hybridized carbons (Fsp3) is 0.619.